The summed E-state index contributed by atoms with van der Waals surface area (Å²) >= 11 is 6.38. The zero-order valence-corrected chi connectivity index (χ0v) is 16.8. The molecule has 0 spiro atoms. The van der Waals surface area contributed by atoms with E-state index in [4.69, 9.17) is 21.3 Å². The second-order valence-corrected chi connectivity index (χ2v) is 7.60. The maximum atomic E-state index is 6.38. The Labute approximate surface area is 175 Å². The smallest absolute Gasteiger partial charge is 0.244 e. The SMILES string of the molecule is Cc1[nH]nc2c1[C@H](c1cnn(C)c1)c1c(ncn3nc(-c4ccccc4Cl)nc13)O2. The van der Waals surface area contributed by atoms with E-state index in [-0.39, 0.29) is 5.92 Å². The highest BCUT2D eigenvalue weighted by atomic mass is 35.5. The van der Waals surface area contributed by atoms with Crippen molar-refractivity contribution < 1.29 is 4.74 Å². The molecule has 0 radical (unpaired) electrons. The molecule has 4 aromatic heterocycles. The Morgan fingerprint density at radius 2 is 2.03 bits per heavy atom. The van der Waals surface area contributed by atoms with Crippen molar-refractivity contribution in [2.24, 2.45) is 7.05 Å². The summed E-state index contributed by atoms with van der Waals surface area (Å²) in [7, 11) is 1.89. The fourth-order valence-electron chi connectivity index (χ4n) is 3.94. The predicted molar refractivity (Wildman–Crippen MR) is 109 cm³/mol. The average Bonchev–Trinajstić information content (AvgIpc) is 3.45. The van der Waals surface area contributed by atoms with E-state index in [1.165, 1.54) is 0 Å². The van der Waals surface area contributed by atoms with E-state index in [1.54, 1.807) is 15.5 Å². The molecule has 5 heterocycles. The highest BCUT2D eigenvalue weighted by Gasteiger charge is 2.37. The largest absolute Gasteiger partial charge is 0.418 e. The fourth-order valence-corrected chi connectivity index (χ4v) is 4.16. The molecule has 0 saturated carbocycles. The van der Waals surface area contributed by atoms with Crippen LogP contribution in [0.4, 0.5) is 0 Å². The van der Waals surface area contributed by atoms with Gasteiger partial charge in [0.25, 0.3) is 0 Å². The summed E-state index contributed by atoms with van der Waals surface area (Å²) in [6, 6.07) is 7.49. The van der Waals surface area contributed by atoms with Crippen LogP contribution in [-0.2, 0) is 7.05 Å². The van der Waals surface area contributed by atoms with Gasteiger partial charge in [0.2, 0.25) is 11.8 Å². The van der Waals surface area contributed by atoms with Crippen molar-refractivity contribution in [3.63, 3.8) is 0 Å². The van der Waals surface area contributed by atoms with Gasteiger partial charge in [-0.1, -0.05) is 23.7 Å². The van der Waals surface area contributed by atoms with E-state index in [1.807, 2.05) is 50.6 Å². The molecule has 30 heavy (non-hydrogen) atoms. The first kappa shape index (κ1) is 17.2. The number of hydrogen-bond acceptors (Lipinski definition) is 6. The summed E-state index contributed by atoms with van der Waals surface area (Å²) in [5.41, 5.74) is 5.06. The van der Waals surface area contributed by atoms with Gasteiger partial charge < -0.3 is 4.74 Å². The van der Waals surface area contributed by atoms with Crippen LogP contribution in [0.3, 0.4) is 0 Å². The van der Waals surface area contributed by atoms with Gasteiger partial charge in [-0.2, -0.15) is 5.10 Å². The molecular formula is C20H15ClN8O. The van der Waals surface area contributed by atoms with Gasteiger partial charge in [0, 0.05) is 35.6 Å². The van der Waals surface area contributed by atoms with Gasteiger partial charge in [0.1, 0.15) is 6.33 Å². The van der Waals surface area contributed by atoms with Crippen LogP contribution in [0.1, 0.15) is 28.3 Å². The van der Waals surface area contributed by atoms with Crippen LogP contribution in [0.25, 0.3) is 17.0 Å². The molecule has 0 fully saturated rings. The van der Waals surface area contributed by atoms with Gasteiger partial charge in [-0.15, -0.1) is 10.2 Å². The lowest BCUT2D eigenvalue weighted by atomic mass is 9.86. The Morgan fingerprint density at radius 3 is 2.83 bits per heavy atom. The van der Waals surface area contributed by atoms with Gasteiger partial charge in [-0.3, -0.25) is 9.78 Å². The van der Waals surface area contributed by atoms with Crippen LogP contribution >= 0.6 is 11.6 Å². The van der Waals surface area contributed by atoms with E-state index in [0.717, 1.165) is 27.9 Å². The first-order valence-electron chi connectivity index (χ1n) is 9.31. The number of aromatic nitrogens is 8. The fraction of sp³-hybridized carbons (Fsp3) is 0.150. The maximum Gasteiger partial charge on any atom is 0.244 e. The van der Waals surface area contributed by atoms with E-state index >= 15 is 0 Å². The molecule has 10 heteroatoms. The second kappa shape index (κ2) is 6.14. The average molecular weight is 419 g/mol. The summed E-state index contributed by atoms with van der Waals surface area (Å²) in [4.78, 5) is 9.31. The topological polar surface area (TPSA) is 98.8 Å². The molecule has 0 bridgehead atoms. The van der Waals surface area contributed by atoms with Crippen molar-refractivity contribution in [2.75, 3.05) is 0 Å². The number of halogens is 1. The van der Waals surface area contributed by atoms with Crippen LogP contribution in [0.2, 0.25) is 5.02 Å². The Balaban J connectivity index is 1.64. The Kier molecular flexibility index (Phi) is 3.51. The minimum Gasteiger partial charge on any atom is -0.418 e. The third-order valence-corrected chi connectivity index (χ3v) is 5.62. The number of nitrogens with one attached hydrogen (secondary N) is 1. The molecule has 1 N–H and O–H groups in total. The number of ether oxygens (including phenoxy) is 1. The van der Waals surface area contributed by atoms with E-state index in [0.29, 0.717) is 28.3 Å². The highest BCUT2D eigenvalue weighted by Crippen LogP contribution is 2.48. The second-order valence-electron chi connectivity index (χ2n) is 7.20. The van der Waals surface area contributed by atoms with Gasteiger partial charge in [0.05, 0.1) is 22.7 Å². The quantitative estimate of drug-likeness (QED) is 0.462. The van der Waals surface area contributed by atoms with Gasteiger partial charge in [-0.25, -0.2) is 14.5 Å². The van der Waals surface area contributed by atoms with Crippen LogP contribution < -0.4 is 4.74 Å². The lowest BCUT2D eigenvalue weighted by molar-refractivity contribution is 0.416. The molecule has 0 saturated heterocycles. The number of aryl methyl sites for hydroxylation is 2. The number of rotatable bonds is 2. The van der Waals surface area contributed by atoms with Crippen molar-refractivity contribution in [2.45, 2.75) is 12.8 Å². The molecule has 148 valence electrons. The minimum atomic E-state index is -0.198. The third-order valence-electron chi connectivity index (χ3n) is 5.29. The summed E-state index contributed by atoms with van der Waals surface area (Å²) in [5, 5.41) is 16.9. The maximum absolute atomic E-state index is 6.38. The molecule has 1 aliphatic rings. The van der Waals surface area contributed by atoms with Crippen molar-refractivity contribution >= 4 is 17.2 Å². The zero-order chi connectivity index (χ0) is 20.4. The summed E-state index contributed by atoms with van der Waals surface area (Å²) in [6.45, 7) is 1.97. The van der Waals surface area contributed by atoms with Crippen molar-refractivity contribution in [3.05, 3.63) is 70.4 Å². The Bertz CT molecular complexity index is 1430. The monoisotopic (exact) mass is 418 g/mol. The molecule has 1 atom stereocenters. The number of aromatic amines is 1. The number of hydrogen-bond donors (Lipinski definition) is 1. The molecular weight excluding hydrogens is 404 g/mol. The van der Waals surface area contributed by atoms with Gasteiger partial charge in [-0.05, 0) is 19.1 Å². The lowest BCUT2D eigenvalue weighted by Gasteiger charge is -2.24. The van der Waals surface area contributed by atoms with Crippen molar-refractivity contribution in [1.29, 1.82) is 0 Å². The van der Waals surface area contributed by atoms with Crippen molar-refractivity contribution in [3.8, 4) is 23.1 Å². The normalized spacial score (nSPS) is 15.1. The number of H-pyrrole nitrogens is 1. The van der Waals surface area contributed by atoms with Gasteiger partial charge >= 0.3 is 0 Å². The Hall–Kier alpha value is -3.72. The summed E-state index contributed by atoms with van der Waals surface area (Å²) < 4.78 is 9.44. The van der Waals surface area contributed by atoms with Crippen molar-refractivity contribution in [1.82, 2.24) is 39.6 Å². The molecule has 6 rings (SSSR count). The molecule has 1 aliphatic heterocycles. The highest BCUT2D eigenvalue weighted by molar-refractivity contribution is 6.33. The Morgan fingerprint density at radius 1 is 1.17 bits per heavy atom. The number of nitrogens with zero attached hydrogens (tertiary/aromatic N) is 7. The molecule has 0 aliphatic carbocycles. The summed E-state index contributed by atoms with van der Waals surface area (Å²) in [6.07, 6.45) is 5.40. The molecule has 1 aromatic carbocycles. The van der Waals surface area contributed by atoms with Gasteiger partial charge in [0.15, 0.2) is 11.5 Å². The standard InChI is InChI=1S/C20H15ClN8O/c1-10-14-15(11-7-23-28(2)8-11)16-18-24-17(12-5-3-4-6-13(12)21)27-29(18)9-22-19(16)30-20(14)26-25-10/h3-9,15H,1-2H3,(H,25,26)/t15-/m0/s1. The predicted octanol–water partition coefficient (Wildman–Crippen LogP) is 3.50. The summed E-state index contributed by atoms with van der Waals surface area (Å²) in [5.74, 6) is 1.29. The van der Waals surface area contributed by atoms with E-state index < -0.39 is 0 Å². The first-order chi connectivity index (χ1) is 14.6. The molecule has 9 nitrogen and oxygen atoms in total. The van der Waals surface area contributed by atoms with E-state index in [9.17, 15) is 0 Å². The first-order valence-corrected chi connectivity index (χ1v) is 9.69. The number of benzene rings is 1. The minimum absolute atomic E-state index is 0.198. The van der Waals surface area contributed by atoms with Crippen LogP contribution in [-0.4, -0.2) is 39.6 Å². The van der Waals surface area contributed by atoms with Crippen LogP contribution in [0.15, 0.2) is 43.0 Å². The third kappa shape index (κ3) is 2.38. The van der Waals surface area contributed by atoms with Crippen LogP contribution in [0.5, 0.6) is 11.8 Å². The molecule has 0 amide bonds. The zero-order valence-electron chi connectivity index (χ0n) is 16.0. The molecule has 0 unspecified atom stereocenters. The number of fused-ring (bicyclic) bond motifs is 4. The van der Waals surface area contributed by atoms with E-state index in [2.05, 4.69) is 25.4 Å². The van der Waals surface area contributed by atoms with Crippen LogP contribution in [0, 0.1) is 6.92 Å². The lowest BCUT2D eigenvalue weighted by Crippen LogP contribution is -2.14. The molecule has 5 aromatic rings.